The fourth-order valence-electron chi connectivity index (χ4n) is 5.68. The summed E-state index contributed by atoms with van der Waals surface area (Å²) in [5.74, 6) is -6.19. The molecule has 6 rings (SSSR count). The molecule has 20 nitrogen and oxygen atoms in total. The molecule has 6 aromatic rings. The summed E-state index contributed by atoms with van der Waals surface area (Å²) in [6, 6.07) is 21.1. The predicted molar refractivity (Wildman–Crippen MR) is 223 cm³/mol. The van der Waals surface area contributed by atoms with E-state index < -0.39 is 76.7 Å². The molecule has 0 aliphatic heterocycles. The number of azo groups is 2. The largest absolute Gasteiger partial charge is 0.505 e. The maximum Gasteiger partial charge on any atom is 0.328 e. The van der Waals surface area contributed by atoms with Crippen molar-refractivity contribution >= 4 is 112 Å². The average molecular weight is 881 g/mol. The molecule has 0 heterocycles. The smallest absolute Gasteiger partial charge is 0.328 e. The van der Waals surface area contributed by atoms with E-state index in [0.29, 0.717) is 11.1 Å². The fraction of sp³-hybridized carbons (Fsp3) is 0. The van der Waals surface area contributed by atoms with Gasteiger partial charge in [0, 0.05) is 34.3 Å². The second kappa shape index (κ2) is 17.6. The third-order valence-corrected chi connectivity index (χ3v) is 10.3. The number of hydrogen-bond donors (Lipinski definition) is 8. The number of nitrogens with zero attached hydrogens (tertiary/aromatic N) is 4. The van der Waals surface area contributed by atoms with Gasteiger partial charge in [-0.05, 0) is 107 Å². The van der Waals surface area contributed by atoms with E-state index in [2.05, 4.69) is 31.1 Å². The van der Waals surface area contributed by atoms with Crippen LogP contribution in [-0.2, 0) is 39.4 Å². The number of carbonyl (C=O) groups is 4. The summed E-state index contributed by atoms with van der Waals surface area (Å²) in [6.45, 7) is 0. The Hall–Kier alpha value is -8.18. The van der Waals surface area contributed by atoms with Crippen LogP contribution in [-0.4, -0.2) is 70.1 Å². The van der Waals surface area contributed by atoms with Crippen molar-refractivity contribution in [1.29, 1.82) is 0 Å². The van der Waals surface area contributed by atoms with Gasteiger partial charge < -0.3 is 31.1 Å². The number of hydrogen-bond acceptors (Lipinski definition) is 14. The summed E-state index contributed by atoms with van der Waals surface area (Å²) in [6.07, 6.45) is 4.50. The number of benzene rings is 6. The van der Waals surface area contributed by atoms with E-state index in [1.165, 1.54) is 97.1 Å². The number of carboxylic acid groups (broad SMARTS) is 2. The number of carbonyl (C=O) groups excluding carboxylic acids is 2. The number of amides is 2. The monoisotopic (exact) mass is 880 g/mol. The highest BCUT2D eigenvalue weighted by Gasteiger charge is 2.24. The minimum atomic E-state index is -5.03. The third kappa shape index (κ3) is 10.3. The highest BCUT2D eigenvalue weighted by atomic mass is 32.2. The predicted octanol–water partition coefficient (Wildman–Crippen LogP) is 7.50. The van der Waals surface area contributed by atoms with Gasteiger partial charge in [0.1, 0.15) is 21.2 Å². The molecule has 8 N–H and O–H groups in total. The van der Waals surface area contributed by atoms with Crippen LogP contribution < -0.4 is 10.6 Å². The molecule has 0 saturated carbocycles. The van der Waals surface area contributed by atoms with Gasteiger partial charge in [-0.2, -0.15) is 27.1 Å². The van der Waals surface area contributed by atoms with Gasteiger partial charge in [-0.25, -0.2) is 9.59 Å². The minimum Gasteiger partial charge on any atom is -0.505 e. The first-order valence-electron chi connectivity index (χ1n) is 17.3. The molecule has 62 heavy (non-hydrogen) atoms. The van der Waals surface area contributed by atoms with Crippen LogP contribution in [0.3, 0.4) is 0 Å². The first-order chi connectivity index (χ1) is 29.3. The molecular weight excluding hydrogens is 853 g/mol. The molecule has 0 atom stereocenters. The fourth-order valence-corrected chi connectivity index (χ4v) is 6.99. The molecule has 0 aliphatic carbocycles. The van der Waals surface area contributed by atoms with E-state index >= 15 is 0 Å². The highest BCUT2D eigenvalue weighted by Crippen LogP contribution is 2.43. The Morgan fingerprint density at radius 2 is 0.855 bits per heavy atom. The molecule has 0 fully saturated rings. The number of nitrogens with one attached hydrogen (secondary N) is 2. The summed E-state index contributed by atoms with van der Waals surface area (Å²) >= 11 is 0. The van der Waals surface area contributed by atoms with Crippen molar-refractivity contribution in [3.05, 3.63) is 120 Å². The van der Waals surface area contributed by atoms with Gasteiger partial charge in [-0.15, -0.1) is 10.2 Å². The average Bonchev–Trinajstić information content (AvgIpc) is 3.21. The number of phenolic OH excluding ortho intramolecular Hbond substituents is 2. The second-order valence-corrected chi connectivity index (χ2v) is 15.6. The number of fused-ring (bicyclic) bond motifs is 2. The van der Waals surface area contributed by atoms with Gasteiger partial charge in [0.25, 0.3) is 20.2 Å². The quantitative estimate of drug-likeness (QED) is 0.0255. The summed E-state index contributed by atoms with van der Waals surface area (Å²) in [4.78, 5) is 45.7. The molecule has 314 valence electrons. The lowest BCUT2D eigenvalue weighted by Crippen LogP contribution is -2.29. The summed E-state index contributed by atoms with van der Waals surface area (Å²) in [5, 5.41) is 59.7. The topological polar surface area (TPSA) is 331 Å². The lowest BCUT2D eigenvalue weighted by Gasteiger charge is -2.12. The summed E-state index contributed by atoms with van der Waals surface area (Å²) < 4.78 is 69.3. The lowest BCUT2D eigenvalue weighted by molar-refractivity contribution is -0.132. The van der Waals surface area contributed by atoms with Crippen molar-refractivity contribution in [3.8, 4) is 11.5 Å². The number of aliphatic carboxylic acids is 2. The number of aromatic hydroxyl groups is 2. The molecule has 0 unspecified atom stereocenters. The Bertz CT molecular complexity index is 2970. The van der Waals surface area contributed by atoms with Crippen LogP contribution in [0.4, 0.5) is 34.1 Å². The molecule has 0 spiro atoms. The molecule has 6 aromatic carbocycles. The number of rotatable bonds is 12. The van der Waals surface area contributed by atoms with E-state index in [-0.39, 0.29) is 44.3 Å². The Kier molecular flexibility index (Phi) is 12.3. The van der Waals surface area contributed by atoms with Gasteiger partial charge in [0.2, 0.25) is 0 Å². The molecular formula is C40H28N6O14S2. The van der Waals surface area contributed by atoms with Crippen LogP contribution in [0.25, 0.3) is 33.7 Å². The first kappa shape index (κ1) is 43.4. The Morgan fingerprint density at radius 3 is 1.18 bits per heavy atom. The van der Waals surface area contributed by atoms with Crippen molar-refractivity contribution < 1.29 is 65.5 Å². The van der Waals surface area contributed by atoms with Crippen LogP contribution in [0.2, 0.25) is 0 Å². The SMILES string of the molecule is O=C(O)/C=C/c1ccc(N=Nc2c(S(=O)(=O)O)cc3cc(NC(=O)C(=O)Nc4ccc5c(O)c(N=Nc6ccc(/C=C/C(=O)O)cc6)c(S(=O)(=O)O)cc5c4)ccc3c2O)cc1. The van der Waals surface area contributed by atoms with E-state index in [9.17, 15) is 55.3 Å². The maximum atomic E-state index is 13.0. The van der Waals surface area contributed by atoms with Crippen molar-refractivity contribution in [2.45, 2.75) is 9.79 Å². The van der Waals surface area contributed by atoms with Crippen molar-refractivity contribution in [2.24, 2.45) is 20.5 Å². The number of carboxylic acids is 2. The zero-order chi connectivity index (χ0) is 44.9. The normalized spacial score (nSPS) is 12.2. The number of phenols is 2. The van der Waals surface area contributed by atoms with Gasteiger partial charge in [-0.3, -0.25) is 18.7 Å². The highest BCUT2D eigenvalue weighted by molar-refractivity contribution is 7.86. The van der Waals surface area contributed by atoms with E-state index in [1.807, 2.05) is 0 Å². The minimum absolute atomic E-state index is 0.0116. The maximum absolute atomic E-state index is 13.0. The zero-order valence-electron chi connectivity index (χ0n) is 31.1. The molecule has 0 aromatic heterocycles. The standard InChI is InChI=1S/C40H28N6O14S2/c47-33(48)15-5-21-1-7-25(8-2-21)43-45-35-31(61(55,56)57)19-23-17-27(11-13-29(23)37(35)51)41-39(53)40(54)42-28-12-14-30-24(18-28)20-32(62(58,59)60)36(38(30)52)46-44-26-9-3-22(4-10-26)6-16-34(49)50/h1-20,51-52H,(H,41,53)(H,42,54)(H,47,48)(H,49,50)(H,55,56,57)(H,58,59,60)/b15-5+,16-6+,45-43?,46-44?. The third-order valence-electron chi connectivity index (χ3n) is 8.53. The van der Waals surface area contributed by atoms with Crippen molar-refractivity contribution in [1.82, 2.24) is 0 Å². The Labute approximate surface area is 349 Å². The summed E-state index contributed by atoms with van der Waals surface area (Å²) in [7, 11) is -10.1. The van der Waals surface area contributed by atoms with Crippen LogP contribution in [0.1, 0.15) is 11.1 Å². The molecule has 2 amide bonds. The van der Waals surface area contributed by atoms with Crippen LogP contribution in [0.15, 0.2) is 139 Å². The lowest BCUT2D eigenvalue weighted by atomic mass is 10.1. The molecule has 0 radical (unpaired) electrons. The second-order valence-electron chi connectivity index (χ2n) is 12.8. The van der Waals surface area contributed by atoms with Gasteiger partial charge >= 0.3 is 23.8 Å². The molecule has 22 heteroatoms. The number of anilines is 2. The summed E-state index contributed by atoms with van der Waals surface area (Å²) in [5.41, 5.74) is 0.0450. The Balaban J connectivity index is 1.21. The van der Waals surface area contributed by atoms with Crippen LogP contribution in [0, 0.1) is 0 Å². The van der Waals surface area contributed by atoms with E-state index in [4.69, 9.17) is 10.2 Å². The van der Waals surface area contributed by atoms with Crippen molar-refractivity contribution in [3.63, 3.8) is 0 Å². The van der Waals surface area contributed by atoms with Gasteiger partial charge in [0.15, 0.2) is 11.5 Å². The van der Waals surface area contributed by atoms with Gasteiger partial charge in [-0.1, -0.05) is 24.3 Å². The van der Waals surface area contributed by atoms with Crippen LogP contribution in [0.5, 0.6) is 11.5 Å². The van der Waals surface area contributed by atoms with Crippen molar-refractivity contribution in [2.75, 3.05) is 10.6 Å². The Morgan fingerprint density at radius 1 is 0.500 bits per heavy atom. The van der Waals surface area contributed by atoms with E-state index in [0.717, 1.165) is 24.3 Å². The molecule has 0 aliphatic rings. The first-order valence-corrected chi connectivity index (χ1v) is 20.2. The zero-order valence-corrected chi connectivity index (χ0v) is 32.7. The molecule has 0 bridgehead atoms. The van der Waals surface area contributed by atoms with E-state index in [1.54, 1.807) is 0 Å². The van der Waals surface area contributed by atoms with Crippen LogP contribution >= 0.6 is 0 Å². The molecule has 0 saturated heterocycles. The van der Waals surface area contributed by atoms with Gasteiger partial charge in [0.05, 0.1) is 11.4 Å².